The molecule has 4 nitrogen and oxygen atoms in total. The minimum absolute atomic E-state index is 0.0965. The van der Waals surface area contributed by atoms with Gasteiger partial charge in [0.15, 0.2) is 0 Å². The zero-order valence-corrected chi connectivity index (χ0v) is 11.9. The van der Waals surface area contributed by atoms with E-state index < -0.39 is 0 Å². The third-order valence-corrected chi connectivity index (χ3v) is 3.16. The molecule has 1 aromatic carbocycles. The first-order valence-electron chi connectivity index (χ1n) is 7.22. The first-order valence-corrected chi connectivity index (χ1v) is 7.22. The van der Waals surface area contributed by atoms with Gasteiger partial charge in [0.2, 0.25) is 5.91 Å². The number of hydrogen-bond acceptors (Lipinski definition) is 3. The van der Waals surface area contributed by atoms with E-state index in [1.807, 2.05) is 30.3 Å². The van der Waals surface area contributed by atoms with Gasteiger partial charge in [-0.2, -0.15) is 5.26 Å². The number of carbonyl (C=O) groups excluding carboxylic acids is 1. The second-order valence-corrected chi connectivity index (χ2v) is 4.74. The van der Waals surface area contributed by atoms with Crippen molar-refractivity contribution in [1.29, 1.82) is 5.26 Å². The zero-order valence-electron chi connectivity index (χ0n) is 11.9. The number of unbranched alkanes of at least 4 members (excludes halogenated alkanes) is 3. The molecule has 0 bridgehead atoms. The molecule has 1 aromatic rings. The van der Waals surface area contributed by atoms with Crippen molar-refractivity contribution in [3.63, 3.8) is 0 Å². The SMILES string of the molecule is N#CCCN(C(=O)CCCCCCN)c1ccccc1. The average molecular weight is 273 g/mol. The van der Waals surface area contributed by atoms with Crippen molar-refractivity contribution in [2.45, 2.75) is 38.5 Å². The Morgan fingerprint density at radius 2 is 1.85 bits per heavy atom. The van der Waals surface area contributed by atoms with Gasteiger partial charge in [0.25, 0.3) is 0 Å². The summed E-state index contributed by atoms with van der Waals surface area (Å²) in [4.78, 5) is 14.0. The quantitative estimate of drug-likeness (QED) is 0.703. The Hall–Kier alpha value is -1.86. The number of carbonyl (C=O) groups is 1. The summed E-state index contributed by atoms with van der Waals surface area (Å²) >= 11 is 0. The topological polar surface area (TPSA) is 70.1 Å². The maximum Gasteiger partial charge on any atom is 0.227 e. The van der Waals surface area contributed by atoms with E-state index in [2.05, 4.69) is 6.07 Å². The molecule has 0 fully saturated rings. The molecule has 1 rings (SSSR count). The molecule has 0 spiro atoms. The Kier molecular flexibility index (Phi) is 8.09. The van der Waals surface area contributed by atoms with Crippen LogP contribution in [0.25, 0.3) is 0 Å². The van der Waals surface area contributed by atoms with Gasteiger partial charge in [-0.3, -0.25) is 4.79 Å². The van der Waals surface area contributed by atoms with E-state index in [4.69, 9.17) is 11.0 Å². The highest BCUT2D eigenvalue weighted by Gasteiger charge is 2.14. The van der Waals surface area contributed by atoms with Gasteiger partial charge in [-0.15, -0.1) is 0 Å². The number of nitrogens with zero attached hydrogens (tertiary/aromatic N) is 2. The fourth-order valence-electron chi connectivity index (χ4n) is 2.08. The standard InChI is InChI=1S/C16H23N3O/c17-12-7-2-1-6-11-16(20)19(14-8-13-18)15-9-4-3-5-10-15/h3-5,9-10H,1-2,6-8,11-12,14,17H2. The van der Waals surface area contributed by atoms with Crippen LogP contribution in [0.1, 0.15) is 38.5 Å². The van der Waals surface area contributed by atoms with Gasteiger partial charge in [0.05, 0.1) is 12.5 Å². The molecular weight excluding hydrogens is 250 g/mol. The van der Waals surface area contributed by atoms with Crippen LogP contribution in [0.15, 0.2) is 30.3 Å². The summed E-state index contributed by atoms with van der Waals surface area (Å²) in [7, 11) is 0. The largest absolute Gasteiger partial charge is 0.330 e. The highest BCUT2D eigenvalue weighted by Crippen LogP contribution is 2.16. The van der Waals surface area contributed by atoms with E-state index in [0.29, 0.717) is 25.9 Å². The zero-order chi connectivity index (χ0) is 14.6. The fraction of sp³-hybridized carbons (Fsp3) is 0.500. The van der Waals surface area contributed by atoms with Crippen LogP contribution in [0.4, 0.5) is 5.69 Å². The lowest BCUT2D eigenvalue weighted by Gasteiger charge is -2.21. The van der Waals surface area contributed by atoms with Crippen LogP contribution in [0, 0.1) is 11.3 Å². The highest BCUT2D eigenvalue weighted by molar-refractivity contribution is 5.93. The summed E-state index contributed by atoms with van der Waals surface area (Å²) in [5, 5.41) is 8.72. The summed E-state index contributed by atoms with van der Waals surface area (Å²) in [5.74, 6) is 0.0965. The normalized spacial score (nSPS) is 10.0. The summed E-state index contributed by atoms with van der Waals surface area (Å²) < 4.78 is 0. The number of nitrogens with two attached hydrogens (primary N) is 1. The molecule has 1 amide bonds. The second-order valence-electron chi connectivity index (χ2n) is 4.74. The molecule has 0 saturated heterocycles. The molecule has 0 aliphatic carbocycles. The Labute approximate surface area is 121 Å². The van der Waals surface area contributed by atoms with Crippen molar-refractivity contribution in [1.82, 2.24) is 0 Å². The van der Waals surface area contributed by atoms with Gasteiger partial charge in [0, 0.05) is 18.7 Å². The smallest absolute Gasteiger partial charge is 0.227 e. The third kappa shape index (κ3) is 5.85. The van der Waals surface area contributed by atoms with Crippen LogP contribution in [0.3, 0.4) is 0 Å². The van der Waals surface area contributed by atoms with Crippen molar-refractivity contribution >= 4 is 11.6 Å². The van der Waals surface area contributed by atoms with E-state index in [1.165, 1.54) is 0 Å². The summed E-state index contributed by atoms with van der Waals surface area (Å²) in [5.41, 5.74) is 6.31. The molecule has 0 radical (unpaired) electrons. The van der Waals surface area contributed by atoms with E-state index >= 15 is 0 Å². The van der Waals surface area contributed by atoms with E-state index in [1.54, 1.807) is 4.90 Å². The Morgan fingerprint density at radius 3 is 2.50 bits per heavy atom. The van der Waals surface area contributed by atoms with Gasteiger partial charge < -0.3 is 10.6 Å². The molecule has 0 heterocycles. The van der Waals surface area contributed by atoms with Crippen LogP contribution in [0.2, 0.25) is 0 Å². The Morgan fingerprint density at radius 1 is 1.15 bits per heavy atom. The highest BCUT2D eigenvalue weighted by atomic mass is 16.2. The van der Waals surface area contributed by atoms with Crippen molar-refractivity contribution in [3.05, 3.63) is 30.3 Å². The average Bonchev–Trinajstić information content (AvgIpc) is 2.48. The molecule has 0 aromatic heterocycles. The van der Waals surface area contributed by atoms with E-state index in [9.17, 15) is 4.79 Å². The molecular formula is C16H23N3O. The van der Waals surface area contributed by atoms with Crippen molar-refractivity contribution in [2.24, 2.45) is 5.73 Å². The lowest BCUT2D eigenvalue weighted by molar-refractivity contribution is -0.118. The molecule has 4 heteroatoms. The summed E-state index contributed by atoms with van der Waals surface area (Å²) in [6, 6.07) is 11.6. The molecule has 108 valence electrons. The minimum atomic E-state index is 0.0965. The number of nitriles is 1. The lowest BCUT2D eigenvalue weighted by atomic mass is 10.1. The van der Waals surface area contributed by atoms with Gasteiger partial charge in [-0.1, -0.05) is 31.0 Å². The van der Waals surface area contributed by atoms with Crippen LogP contribution >= 0.6 is 0 Å². The Bertz CT molecular complexity index is 425. The number of rotatable bonds is 9. The first-order chi connectivity index (χ1) is 9.79. The second kappa shape index (κ2) is 9.99. The van der Waals surface area contributed by atoms with Crippen molar-refractivity contribution < 1.29 is 4.79 Å². The van der Waals surface area contributed by atoms with Gasteiger partial charge in [-0.05, 0) is 31.5 Å². The number of para-hydroxylation sites is 1. The minimum Gasteiger partial charge on any atom is -0.330 e. The number of hydrogen-bond donors (Lipinski definition) is 1. The first kappa shape index (κ1) is 16.2. The molecule has 0 saturated carbocycles. The van der Waals surface area contributed by atoms with Crippen molar-refractivity contribution in [2.75, 3.05) is 18.0 Å². The number of amides is 1. The number of anilines is 1. The van der Waals surface area contributed by atoms with Gasteiger partial charge in [0.1, 0.15) is 0 Å². The molecule has 0 aliphatic heterocycles. The maximum atomic E-state index is 12.3. The van der Waals surface area contributed by atoms with Crippen LogP contribution in [-0.2, 0) is 4.79 Å². The van der Waals surface area contributed by atoms with Crippen LogP contribution in [-0.4, -0.2) is 19.0 Å². The van der Waals surface area contributed by atoms with Crippen LogP contribution in [0.5, 0.6) is 0 Å². The summed E-state index contributed by atoms with van der Waals surface area (Å²) in [6.45, 7) is 1.18. The predicted octanol–water partition coefficient (Wildman–Crippen LogP) is 2.84. The monoisotopic (exact) mass is 273 g/mol. The molecule has 20 heavy (non-hydrogen) atoms. The fourth-order valence-corrected chi connectivity index (χ4v) is 2.08. The molecule has 2 N–H and O–H groups in total. The molecule has 0 aliphatic rings. The van der Waals surface area contributed by atoms with E-state index in [-0.39, 0.29) is 5.91 Å². The maximum absolute atomic E-state index is 12.3. The molecule has 0 unspecified atom stereocenters. The van der Waals surface area contributed by atoms with Gasteiger partial charge in [-0.25, -0.2) is 0 Å². The third-order valence-electron chi connectivity index (χ3n) is 3.16. The molecule has 0 atom stereocenters. The predicted molar refractivity (Wildman–Crippen MR) is 81.2 cm³/mol. The Balaban J connectivity index is 2.51. The van der Waals surface area contributed by atoms with Crippen LogP contribution < -0.4 is 10.6 Å². The van der Waals surface area contributed by atoms with Gasteiger partial charge >= 0.3 is 0 Å². The van der Waals surface area contributed by atoms with E-state index in [0.717, 1.165) is 31.4 Å². The van der Waals surface area contributed by atoms with Crippen molar-refractivity contribution in [3.8, 4) is 6.07 Å². The number of benzene rings is 1. The summed E-state index contributed by atoms with van der Waals surface area (Å²) in [6.07, 6.45) is 4.90. The lowest BCUT2D eigenvalue weighted by Crippen LogP contribution is -2.31.